The number of rotatable bonds is 9. The SMILES string of the molecule is CCCCOCC(O)CNC(C)(C)C(=O)O. The van der Waals surface area contributed by atoms with E-state index >= 15 is 0 Å². The summed E-state index contributed by atoms with van der Waals surface area (Å²) >= 11 is 0. The molecule has 0 spiro atoms. The van der Waals surface area contributed by atoms with Crippen molar-refractivity contribution < 1.29 is 19.7 Å². The van der Waals surface area contributed by atoms with E-state index in [1.807, 2.05) is 0 Å². The molecule has 1 atom stereocenters. The molecular weight excluding hydrogens is 210 g/mol. The number of aliphatic hydroxyl groups excluding tert-OH is 1. The van der Waals surface area contributed by atoms with Crippen molar-refractivity contribution in [2.45, 2.75) is 45.3 Å². The summed E-state index contributed by atoms with van der Waals surface area (Å²) in [6, 6.07) is 0. The van der Waals surface area contributed by atoms with Crippen LogP contribution in [0.4, 0.5) is 0 Å². The highest BCUT2D eigenvalue weighted by molar-refractivity contribution is 5.77. The first kappa shape index (κ1) is 15.3. The topological polar surface area (TPSA) is 78.8 Å². The molecule has 0 saturated heterocycles. The number of β-amino-alcohol motifs (C(OH)–C–C–N with tert-alkyl or cyclic N) is 1. The van der Waals surface area contributed by atoms with Gasteiger partial charge < -0.3 is 14.9 Å². The Morgan fingerprint density at radius 2 is 2.12 bits per heavy atom. The number of nitrogens with one attached hydrogen (secondary N) is 1. The van der Waals surface area contributed by atoms with Crippen molar-refractivity contribution in [2.75, 3.05) is 19.8 Å². The van der Waals surface area contributed by atoms with Crippen LogP contribution in [0.2, 0.25) is 0 Å². The Morgan fingerprint density at radius 1 is 1.50 bits per heavy atom. The number of carboxylic acid groups (broad SMARTS) is 1. The predicted molar refractivity (Wildman–Crippen MR) is 61.5 cm³/mol. The van der Waals surface area contributed by atoms with Crippen molar-refractivity contribution in [2.24, 2.45) is 0 Å². The Balaban J connectivity index is 3.64. The van der Waals surface area contributed by atoms with Gasteiger partial charge in [0.1, 0.15) is 5.54 Å². The molecule has 0 aliphatic heterocycles. The summed E-state index contributed by atoms with van der Waals surface area (Å²) in [6.07, 6.45) is 1.36. The number of unbranched alkanes of at least 4 members (excludes halogenated alkanes) is 1. The molecule has 5 nitrogen and oxygen atoms in total. The Kier molecular flexibility index (Phi) is 7.29. The molecule has 0 aromatic heterocycles. The summed E-state index contributed by atoms with van der Waals surface area (Å²) in [7, 11) is 0. The molecule has 5 heteroatoms. The molecule has 0 amide bonds. The van der Waals surface area contributed by atoms with Crippen molar-refractivity contribution in [3.05, 3.63) is 0 Å². The minimum Gasteiger partial charge on any atom is -0.480 e. The number of ether oxygens (including phenoxy) is 1. The van der Waals surface area contributed by atoms with E-state index < -0.39 is 17.6 Å². The van der Waals surface area contributed by atoms with Gasteiger partial charge in [0.15, 0.2) is 0 Å². The molecule has 0 heterocycles. The first-order valence-corrected chi connectivity index (χ1v) is 5.64. The lowest BCUT2D eigenvalue weighted by Crippen LogP contribution is -2.50. The van der Waals surface area contributed by atoms with Crippen LogP contribution in [0.15, 0.2) is 0 Å². The molecule has 0 fully saturated rings. The van der Waals surface area contributed by atoms with Crippen molar-refractivity contribution in [1.82, 2.24) is 5.32 Å². The van der Waals surface area contributed by atoms with Crippen molar-refractivity contribution in [1.29, 1.82) is 0 Å². The highest BCUT2D eigenvalue weighted by Gasteiger charge is 2.26. The second-order valence-corrected chi connectivity index (χ2v) is 4.39. The highest BCUT2D eigenvalue weighted by atomic mass is 16.5. The second-order valence-electron chi connectivity index (χ2n) is 4.39. The van der Waals surface area contributed by atoms with Crippen LogP contribution in [0.5, 0.6) is 0 Å². The number of carbonyl (C=O) groups is 1. The molecule has 0 aliphatic carbocycles. The van der Waals surface area contributed by atoms with E-state index in [4.69, 9.17) is 9.84 Å². The van der Waals surface area contributed by atoms with Gasteiger partial charge >= 0.3 is 5.97 Å². The summed E-state index contributed by atoms with van der Waals surface area (Å²) in [5.74, 6) is -0.938. The summed E-state index contributed by atoms with van der Waals surface area (Å²) < 4.78 is 5.22. The van der Waals surface area contributed by atoms with Crippen LogP contribution < -0.4 is 5.32 Å². The number of aliphatic hydroxyl groups is 1. The fourth-order valence-electron chi connectivity index (χ4n) is 0.973. The standard InChI is InChI=1S/C11H23NO4/c1-4-5-6-16-8-9(13)7-12-11(2,3)10(14)15/h9,12-13H,4-8H2,1-3H3,(H,14,15). The van der Waals surface area contributed by atoms with Gasteiger partial charge in [-0.15, -0.1) is 0 Å². The largest absolute Gasteiger partial charge is 0.480 e. The van der Waals surface area contributed by atoms with Crippen LogP contribution in [-0.4, -0.2) is 47.6 Å². The molecule has 0 aromatic rings. The van der Waals surface area contributed by atoms with Crippen LogP contribution in [0.3, 0.4) is 0 Å². The second kappa shape index (κ2) is 7.60. The number of hydrogen-bond donors (Lipinski definition) is 3. The van der Waals surface area contributed by atoms with Gasteiger partial charge in [-0.05, 0) is 20.3 Å². The lowest BCUT2D eigenvalue weighted by Gasteiger charge is -2.23. The number of aliphatic carboxylic acids is 1. The molecule has 0 bridgehead atoms. The zero-order valence-electron chi connectivity index (χ0n) is 10.3. The third-order valence-corrected chi connectivity index (χ3v) is 2.27. The maximum atomic E-state index is 10.8. The molecule has 96 valence electrons. The molecule has 3 N–H and O–H groups in total. The van der Waals surface area contributed by atoms with Gasteiger partial charge in [0.05, 0.1) is 12.7 Å². The molecule has 0 aliphatic rings. The fraction of sp³-hybridized carbons (Fsp3) is 0.909. The van der Waals surface area contributed by atoms with E-state index in [9.17, 15) is 9.90 Å². The lowest BCUT2D eigenvalue weighted by atomic mass is 10.1. The van der Waals surface area contributed by atoms with E-state index in [0.717, 1.165) is 12.8 Å². The lowest BCUT2D eigenvalue weighted by molar-refractivity contribution is -0.143. The van der Waals surface area contributed by atoms with Crippen molar-refractivity contribution in [3.63, 3.8) is 0 Å². The Hall–Kier alpha value is -0.650. The van der Waals surface area contributed by atoms with Gasteiger partial charge in [-0.1, -0.05) is 13.3 Å². The van der Waals surface area contributed by atoms with Gasteiger partial charge in [0.25, 0.3) is 0 Å². The van der Waals surface area contributed by atoms with Crippen molar-refractivity contribution >= 4 is 5.97 Å². The first-order valence-electron chi connectivity index (χ1n) is 5.64. The smallest absolute Gasteiger partial charge is 0.323 e. The molecule has 0 aromatic carbocycles. The molecular formula is C11H23NO4. The average molecular weight is 233 g/mol. The summed E-state index contributed by atoms with van der Waals surface area (Å²) in [5, 5.41) is 21.1. The Bertz CT molecular complexity index is 206. The Morgan fingerprint density at radius 3 is 2.62 bits per heavy atom. The third kappa shape index (κ3) is 6.76. The van der Waals surface area contributed by atoms with Crippen LogP contribution in [0, 0.1) is 0 Å². The first-order chi connectivity index (χ1) is 7.40. The quantitative estimate of drug-likeness (QED) is 0.509. The zero-order valence-corrected chi connectivity index (χ0v) is 10.3. The summed E-state index contributed by atoms with van der Waals surface area (Å²) in [5.41, 5.74) is -1.02. The Labute approximate surface area is 96.8 Å². The third-order valence-electron chi connectivity index (χ3n) is 2.27. The van der Waals surface area contributed by atoms with Crippen LogP contribution in [-0.2, 0) is 9.53 Å². The summed E-state index contributed by atoms with van der Waals surface area (Å²) in [4.78, 5) is 10.8. The van der Waals surface area contributed by atoms with E-state index in [1.165, 1.54) is 0 Å². The zero-order chi connectivity index (χ0) is 12.6. The average Bonchev–Trinajstić information content (AvgIpc) is 2.21. The molecule has 0 radical (unpaired) electrons. The van der Waals surface area contributed by atoms with E-state index in [0.29, 0.717) is 6.61 Å². The fourth-order valence-corrected chi connectivity index (χ4v) is 0.973. The monoisotopic (exact) mass is 233 g/mol. The van der Waals surface area contributed by atoms with Crippen molar-refractivity contribution in [3.8, 4) is 0 Å². The van der Waals surface area contributed by atoms with Gasteiger partial charge in [-0.2, -0.15) is 0 Å². The normalized spacial score (nSPS) is 13.8. The van der Waals surface area contributed by atoms with E-state index in [1.54, 1.807) is 13.8 Å². The van der Waals surface area contributed by atoms with Gasteiger partial charge in [-0.3, -0.25) is 10.1 Å². The van der Waals surface area contributed by atoms with Crippen LogP contribution in [0.25, 0.3) is 0 Å². The molecule has 1 unspecified atom stereocenters. The van der Waals surface area contributed by atoms with E-state index in [-0.39, 0.29) is 13.2 Å². The maximum absolute atomic E-state index is 10.8. The van der Waals surface area contributed by atoms with E-state index in [2.05, 4.69) is 12.2 Å². The van der Waals surface area contributed by atoms with Gasteiger partial charge in [0, 0.05) is 13.2 Å². The van der Waals surface area contributed by atoms with Crippen LogP contribution in [0.1, 0.15) is 33.6 Å². The minimum atomic E-state index is -1.02. The predicted octanol–water partition coefficient (Wildman–Crippen LogP) is 0.617. The van der Waals surface area contributed by atoms with Gasteiger partial charge in [0.2, 0.25) is 0 Å². The molecule has 0 saturated carbocycles. The number of hydrogen-bond acceptors (Lipinski definition) is 4. The molecule has 16 heavy (non-hydrogen) atoms. The summed E-state index contributed by atoms with van der Waals surface area (Å²) in [6.45, 7) is 6.26. The number of carboxylic acids is 1. The molecule has 0 rings (SSSR count). The highest BCUT2D eigenvalue weighted by Crippen LogP contribution is 2.01. The minimum absolute atomic E-state index is 0.214. The van der Waals surface area contributed by atoms with Gasteiger partial charge in [-0.25, -0.2) is 0 Å². The van der Waals surface area contributed by atoms with Crippen LogP contribution >= 0.6 is 0 Å². The maximum Gasteiger partial charge on any atom is 0.323 e.